The minimum absolute atomic E-state index is 0.135. The summed E-state index contributed by atoms with van der Waals surface area (Å²) >= 11 is 6.10. The van der Waals surface area contributed by atoms with E-state index in [1.165, 1.54) is 18.2 Å². The van der Waals surface area contributed by atoms with Gasteiger partial charge in [-0.25, -0.2) is 8.42 Å². The molecule has 7 heteroatoms. The van der Waals surface area contributed by atoms with E-state index in [0.717, 1.165) is 5.56 Å². The Morgan fingerprint density at radius 1 is 1.00 bits per heavy atom. The molecule has 0 fully saturated rings. The van der Waals surface area contributed by atoms with E-state index in [4.69, 9.17) is 11.6 Å². The van der Waals surface area contributed by atoms with E-state index in [0.29, 0.717) is 16.1 Å². The largest absolute Gasteiger partial charge is 0.410 e. The maximum absolute atomic E-state index is 12.8. The molecule has 3 aromatic rings. The first kappa shape index (κ1) is 18.9. The molecule has 3 rings (SSSR count). The zero-order valence-corrected chi connectivity index (χ0v) is 16.0. The number of halogens is 1. The van der Waals surface area contributed by atoms with Crippen LogP contribution in [0.1, 0.15) is 16.7 Å². The Bertz CT molecular complexity index is 1080. The summed E-state index contributed by atoms with van der Waals surface area (Å²) in [6, 6.07) is 20.1. The van der Waals surface area contributed by atoms with Crippen molar-refractivity contribution >= 4 is 33.0 Å². The van der Waals surface area contributed by atoms with Gasteiger partial charge in [0.15, 0.2) is 0 Å². The minimum atomic E-state index is -3.82. The highest BCUT2D eigenvalue weighted by atomic mass is 35.5. The summed E-state index contributed by atoms with van der Waals surface area (Å²) in [6.45, 7) is 1.88. The predicted octanol–water partition coefficient (Wildman–Crippen LogP) is 4.68. The molecule has 0 spiro atoms. The smallest absolute Gasteiger partial charge is 0.261 e. The summed E-state index contributed by atoms with van der Waals surface area (Å²) in [5.74, 6) is 0. The third-order valence-electron chi connectivity index (χ3n) is 3.96. The fourth-order valence-corrected chi connectivity index (χ4v) is 3.84. The van der Waals surface area contributed by atoms with Crippen molar-refractivity contribution in [3.8, 4) is 0 Å². The van der Waals surface area contributed by atoms with Gasteiger partial charge in [0.2, 0.25) is 0 Å². The van der Waals surface area contributed by atoms with Crippen LogP contribution in [0.2, 0.25) is 5.02 Å². The molecule has 0 saturated heterocycles. The molecule has 0 aromatic heterocycles. The summed E-state index contributed by atoms with van der Waals surface area (Å²) in [5, 5.41) is 13.3. The van der Waals surface area contributed by atoms with Crippen LogP contribution in [0.25, 0.3) is 0 Å². The number of oxime groups is 1. The van der Waals surface area contributed by atoms with Crippen molar-refractivity contribution in [2.24, 2.45) is 5.16 Å². The van der Waals surface area contributed by atoms with Gasteiger partial charge in [0.05, 0.1) is 10.6 Å². The van der Waals surface area contributed by atoms with Crippen molar-refractivity contribution < 1.29 is 13.6 Å². The molecule has 0 atom stereocenters. The molecular formula is C20H17ClN2O3S. The van der Waals surface area contributed by atoms with Crippen LogP contribution in [0.15, 0.2) is 82.8 Å². The molecule has 5 nitrogen and oxygen atoms in total. The highest BCUT2D eigenvalue weighted by Gasteiger charge is 2.19. The van der Waals surface area contributed by atoms with E-state index in [1.807, 2.05) is 13.0 Å². The fourth-order valence-electron chi connectivity index (χ4n) is 2.59. The van der Waals surface area contributed by atoms with Crippen molar-refractivity contribution in [3.05, 3.63) is 94.5 Å². The summed E-state index contributed by atoms with van der Waals surface area (Å²) < 4.78 is 28.1. The number of aryl methyl sites for hydroxylation is 1. The fraction of sp³-hybridized carbons (Fsp3) is 0.0500. The number of nitrogens with zero attached hydrogens (tertiary/aromatic N) is 1. The first-order valence-electron chi connectivity index (χ1n) is 8.07. The molecule has 27 heavy (non-hydrogen) atoms. The molecule has 0 saturated carbocycles. The summed E-state index contributed by atoms with van der Waals surface area (Å²) in [7, 11) is -3.82. The van der Waals surface area contributed by atoms with Crippen LogP contribution in [0.4, 0.5) is 5.69 Å². The third-order valence-corrected chi connectivity index (χ3v) is 5.58. The van der Waals surface area contributed by atoms with E-state index in [1.54, 1.807) is 48.5 Å². The van der Waals surface area contributed by atoms with Gasteiger partial charge in [0, 0.05) is 16.1 Å². The monoisotopic (exact) mass is 400 g/mol. The number of benzene rings is 3. The van der Waals surface area contributed by atoms with Gasteiger partial charge in [-0.2, -0.15) is 0 Å². The Morgan fingerprint density at radius 2 is 1.67 bits per heavy atom. The number of sulfonamides is 1. The number of rotatable bonds is 5. The molecule has 0 heterocycles. The molecule has 3 aromatic carbocycles. The zero-order valence-electron chi connectivity index (χ0n) is 14.4. The van der Waals surface area contributed by atoms with Crippen molar-refractivity contribution in [1.82, 2.24) is 0 Å². The molecule has 138 valence electrons. The van der Waals surface area contributed by atoms with Crippen LogP contribution < -0.4 is 4.72 Å². The summed E-state index contributed by atoms with van der Waals surface area (Å²) in [4.78, 5) is 0.135. The van der Waals surface area contributed by atoms with Crippen molar-refractivity contribution in [3.63, 3.8) is 0 Å². The molecule has 0 bridgehead atoms. The van der Waals surface area contributed by atoms with Gasteiger partial charge in [-0.15, -0.1) is 0 Å². The second kappa shape index (κ2) is 7.82. The SMILES string of the molecule is Cc1ccc(S(=O)(=O)Nc2ccc(Cl)cc2/C(=N\O)c2ccccc2)cc1. The topological polar surface area (TPSA) is 78.8 Å². The van der Waals surface area contributed by atoms with Crippen LogP contribution in [-0.4, -0.2) is 19.3 Å². The van der Waals surface area contributed by atoms with Crippen LogP contribution in [0.5, 0.6) is 0 Å². The van der Waals surface area contributed by atoms with Gasteiger partial charge in [0.25, 0.3) is 10.0 Å². The zero-order chi connectivity index (χ0) is 19.4. The predicted molar refractivity (Wildman–Crippen MR) is 107 cm³/mol. The number of anilines is 1. The lowest BCUT2D eigenvalue weighted by Gasteiger charge is -2.14. The third kappa shape index (κ3) is 4.30. The van der Waals surface area contributed by atoms with E-state index in [2.05, 4.69) is 9.88 Å². The Balaban J connectivity index is 2.06. The standard InChI is InChI=1S/C20H17ClN2O3S/c1-14-7-10-17(11-8-14)27(25,26)23-19-12-9-16(21)13-18(19)20(22-24)15-5-3-2-4-6-15/h2-13,23-24H,1H3/b22-20-. The Morgan fingerprint density at radius 3 is 2.30 bits per heavy atom. The van der Waals surface area contributed by atoms with Gasteiger partial charge in [-0.1, -0.05) is 64.8 Å². The first-order chi connectivity index (χ1) is 12.9. The van der Waals surface area contributed by atoms with Crippen molar-refractivity contribution in [2.75, 3.05) is 4.72 Å². The van der Waals surface area contributed by atoms with Gasteiger partial charge in [-0.3, -0.25) is 4.72 Å². The van der Waals surface area contributed by atoms with Crippen LogP contribution in [0, 0.1) is 6.92 Å². The Labute approximate surface area is 163 Å². The van der Waals surface area contributed by atoms with Crippen molar-refractivity contribution in [2.45, 2.75) is 11.8 Å². The van der Waals surface area contributed by atoms with E-state index in [-0.39, 0.29) is 16.3 Å². The van der Waals surface area contributed by atoms with Crippen LogP contribution >= 0.6 is 11.6 Å². The minimum Gasteiger partial charge on any atom is -0.410 e. The number of hydrogen-bond donors (Lipinski definition) is 2. The average molecular weight is 401 g/mol. The second-order valence-electron chi connectivity index (χ2n) is 5.92. The van der Waals surface area contributed by atoms with E-state index >= 15 is 0 Å². The molecule has 0 amide bonds. The van der Waals surface area contributed by atoms with Crippen LogP contribution in [-0.2, 0) is 10.0 Å². The number of hydrogen-bond acceptors (Lipinski definition) is 4. The maximum atomic E-state index is 12.8. The lowest BCUT2D eigenvalue weighted by Crippen LogP contribution is -2.16. The molecule has 0 aliphatic rings. The average Bonchev–Trinajstić information content (AvgIpc) is 2.65. The van der Waals surface area contributed by atoms with Gasteiger partial charge in [-0.05, 0) is 37.3 Å². The molecule has 2 N–H and O–H groups in total. The Hall–Kier alpha value is -2.83. The summed E-state index contributed by atoms with van der Waals surface area (Å²) in [6.07, 6.45) is 0. The van der Waals surface area contributed by atoms with E-state index in [9.17, 15) is 13.6 Å². The van der Waals surface area contributed by atoms with Crippen LogP contribution in [0.3, 0.4) is 0 Å². The lowest BCUT2D eigenvalue weighted by molar-refractivity contribution is 0.319. The maximum Gasteiger partial charge on any atom is 0.261 e. The van der Waals surface area contributed by atoms with E-state index < -0.39 is 10.0 Å². The van der Waals surface area contributed by atoms with Gasteiger partial charge < -0.3 is 5.21 Å². The Kier molecular flexibility index (Phi) is 5.48. The quantitative estimate of drug-likeness (QED) is 0.371. The lowest BCUT2D eigenvalue weighted by atomic mass is 10.0. The molecular weight excluding hydrogens is 384 g/mol. The molecule has 0 aliphatic carbocycles. The highest BCUT2D eigenvalue weighted by molar-refractivity contribution is 7.92. The summed E-state index contributed by atoms with van der Waals surface area (Å²) in [5.41, 5.74) is 2.42. The first-order valence-corrected chi connectivity index (χ1v) is 9.94. The normalized spacial score (nSPS) is 12.0. The molecule has 0 radical (unpaired) electrons. The highest BCUT2D eigenvalue weighted by Crippen LogP contribution is 2.26. The van der Waals surface area contributed by atoms with Gasteiger partial charge >= 0.3 is 0 Å². The molecule has 0 aliphatic heterocycles. The van der Waals surface area contributed by atoms with Gasteiger partial charge in [0.1, 0.15) is 5.71 Å². The molecule has 0 unspecified atom stereocenters. The van der Waals surface area contributed by atoms with Crippen molar-refractivity contribution in [1.29, 1.82) is 0 Å². The second-order valence-corrected chi connectivity index (χ2v) is 8.04. The number of nitrogens with one attached hydrogen (secondary N) is 1.